The van der Waals surface area contributed by atoms with Gasteiger partial charge in [-0.05, 0) is 20.3 Å². The van der Waals surface area contributed by atoms with Crippen molar-refractivity contribution in [1.29, 1.82) is 0 Å². The van der Waals surface area contributed by atoms with Gasteiger partial charge in [-0.25, -0.2) is 0 Å². The van der Waals surface area contributed by atoms with Crippen LogP contribution in [0.15, 0.2) is 0 Å². The van der Waals surface area contributed by atoms with Crippen LogP contribution in [0.4, 0.5) is 0 Å². The molecule has 0 aromatic heterocycles. The Balaban J connectivity index is 2.20. The smallest absolute Gasteiger partial charge is 0.306 e. The number of esters is 1. The van der Waals surface area contributed by atoms with Gasteiger partial charge in [0.15, 0.2) is 0 Å². The van der Waals surface area contributed by atoms with E-state index >= 15 is 0 Å². The highest BCUT2D eigenvalue weighted by molar-refractivity contribution is 14.1. The molecule has 0 radical (unpaired) electrons. The van der Waals surface area contributed by atoms with Crippen LogP contribution in [0.25, 0.3) is 0 Å². The molecule has 80 valence electrons. The molecule has 0 aromatic rings. The molecule has 1 spiro atoms. The SMILES string of the molecule is CC1(C)CC2(CO1)CC(=O)OC2CI. The topological polar surface area (TPSA) is 35.5 Å². The number of ether oxygens (including phenoxy) is 2. The van der Waals surface area contributed by atoms with Crippen molar-refractivity contribution in [2.45, 2.75) is 38.4 Å². The highest BCUT2D eigenvalue weighted by Gasteiger charge is 2.55. The summed E-state index contributed by atoms with van der Waals surface area (Å²) in [4.78, 5) is 11.3. The molecule has 2 rings (SSSR count). The van der Waals surface area contributed by atoms with Gasteiger partial charge in [0.05, 0.1) is 18.6 Å². The van der Waals surface area contributed by atoms with Gasteiger partial charge in [-0.15, -0.1) is 0 Å². The van der Waals surface area contributed by atoms with Crippen LogP contribution >= 0.6 is 22.6 Å². The minimum atomic E-state index is -0.0992. The molecule has 3 nitrogen and oxygen atoms in total. The maximum atomic E-state index is 11.3. The maximum absolute atomic E-state index is 11.3. The molecule has 2 heterocycles. The summed E-state index contributed by atoms with van der Waals surface area (Å²) < 4.78 is 11.9. The molecule has 2 aliphatic heterocycles. The van der Waals surface area contributed by atoms with E-state index in [2.05, 4.69) is 36.4 Å². The third kappa shape index (κ3) is 1.66. The highest BCUT2D eigenvalue weighted by Crippen LogP contribution is 2.49. The van der Waals surface area contributed by atoms with E-state index in [0.29, 0.717) is 13.0 Å². The van der Waals surface area contributed by atoms with Gasteiger partial charge in [-0.3, -0.25) is 4.79 Å². The lowest BCUT2D eigenvalue weighted by atomic mass is 9.77. The first-order valence-electron chi connectivity index (χ1n) is 4.87. The van der Waals surface area contributed by atoms with Gasteiger partial charge in [0.2, 0.25) is 0 Å². The quantitative estimate of drug-likeness (QED) is 0.422. The van der Waals surface area contributed by atoms with Crippen LogP contribution < -0.4 is 0 Å². The molecule has 14 heavy (non-hydrogen) atoms. The molecule has 2 unspecified atom stereocenters. The summed E-state index contributed by atoms with van der Waals surface area (Å²) in [6.07, 6.45) is 1.51. The van der Waals surface area contributed by atoms with Crippen LogP contribution in [0.1, 0.15) is 26.7 Å². The Hall–Kier alpha value is 0.160. The molecule has 0 aliphatic carbocycles. The number of cyclic esters (lactones) is 1. The van der Waals surface area contributed by atoms with Gasteiger partial charge in [0, 0.05) is 9.84 Å². The Morgan fingerprint density at radius 2 is 2.29 bits per heavy atom. The Morgan fingerprint density at radius 1 is 1.57 bits per heavy atom. The minimum absolute atomic E-state index is 0.0399. The normalized spacial score (nSPS) is 40.5. The second-order valence-electron chi connectivity index (χ2n) is 4.90. The van der Waals surface area contributed by atoms with Gasteiger partial charge in [0.25, 0.3) is 0 Å². The van der Waals surface area contributed by atoms with Gasteiger partial charge < -0.3 is 9.47 Å². The molecule has 0 N–H and O–H groups in total. The molecule has 0 bridgehead atoms. The molecular weight excluding hydrogens is 295 g/mol. The molecular formula is C10H15IO3. The van der Waals surface area contributed by atoms with E-state index < -0.39 is 0 Å². The number of hydrogen-bond acceptors (Lipinski definition) is 3. The fourth-order valence-electron chi connectivity index (χ4n) is 2.53. The number of alkyl halides is 1. The van der Waals surface area contributed by atoms with Crippen LogP contribution in [-0.4, -0.2) is 28.7 Å². The van der Waals surface area contributed by atoms with Crippen molar-refractivity contribution in [1.82, 2.24) is 0 Å². The van der Waals surface area contributed by atoms with Gasteiger partial charge in [-0.1, -0.05) is 22.6 Å². The van der Waals surface area contributed by atoms with Crippen molar-refractivity contribution in [2.24, 2.45) is 5.41 Å². The van der Waals surface area contributed by atoms with Crippen LogP contribution in [0, 0.1) is 5.41 Å². The predicted molar refractivity (Wildman–Crippen MR) is 60.5 cm³/mol. The predicted octanol–water partition coefficient (Wildman–Crippen LogP) is 1.92. The van der Waals surface area contributed by atoms with Crippen LogP contribution in [-0.2, 0) is 14.3 Å². The Bertz CT molecular complexity index is 264. The monoisotopic (exact) mass is 310 g/mol. The average molecular weight is 310 g/mol. The van der Waals surface area contributed by atoms with E-state index in [1.54, 1.807) is 0 Å². The second-order valence-corrected chi connectivity index (χ2v) is 5.78. The number of carbonyl (C=O) groups is 1. The minimum Gasteiger partial charge on any atom is -0.461 e. The summed E-state index contributed by atoms with van der Waals surface area (Å²) in [6.45, 7) is 4.82. The number of halogens is 1. The first-order valence-corrected chi connectivity index (χ1v) is 6.39. The van der Waals surface area contributed by atoms with Crippen molar-refractivity contribution >= 4 is 28.6 Å². The van der Waals surface area contributed by atoms with E-state index in [1.807, 2.05) is 0 Å². The summed E-state index contributed by atoms with van der Waals surface area (Å²) in [5.41, 5.74) is -0.139. The fourth-order valence-corrected chi connectivity index (χ4v) is 3.65. The zero-order valence-corrected chi connectivity index (χ0v) is 10.7. The Kier molecular flexibility index (Phi) is 2.54. The molecule has 0 amide bonds. The lowest BCUT2D eigenvalue weighted by molar-refractivity contribution is -0.140. The molecule has 2 saturated heterocycles. The van der Waals surface area contributed by atoms with Crippen molar-refractivity contribution < 1.29 is 14.3 Å². The van der Waals surface area contributed by atoms with Crippen molar-refractivity contribution in [2.75, 3.05) is 11.0 Å². The number of rotatable bonds is 1. The van der Waals surface area contributed by atoms with Crippen molar-refractivity contribution in [3.8, 4) is 0 Å². The van der Waals surface area contributed by atoms with Crippen molar-refractivity contribution in [3.63, 3.8) is 0 Å². The van der Waals surface area contributed by atoms with Gasteiger partial charge >= 0.3 is 5.97 Å². The standard InChI is InChI=1S/C10H15IO3/c1-9(2)5-10(6-13-9)3-8(12)14-7(10)4-11/h7H,3-6H2,1-2H3. The lowest BCUT2D eigenvalue weighted by Crippen LogP contribution is -2.33. The molecule has 0 saturated carbocycles. The molecule has 2 atom stereocenters. The summed E-state index contributed by atoms with van der Waals surface area (Å²) in [5, 5.41) is 0. The molecule has 2 fully saturated rings. The van der Waals surface area contributed by atoms with Gasteiger partial charge in [-0.2, -0.15) is 0 Å². The zero-order valence-electron chi connectivity index (χ0n) is 8.51. The number of hydrogen-bond donors (Lipinski definition) is 0. The van der Waals surface area contributed by atoms with Gasteiger partial charge in [0.1, 0.15) is 6.10 Å². The molecule has 2 aliphatic rings. The second kappa shape index (κ2) is 3.33. The Morgan fingerprint density at radius 3 is 2.79 bits per heavy atom. The third-order valence-corrected chi connectivity index (χ3v) is 3.92. The summed E-state index contributed by atoms with van der Waals surface area (Å²) in [6, 6.07) is 0. The van der Waals surface area contributed by atoms with Crippen LogP contribution in [0.5, 0.6) is 0 Å². The van der Waals surface area contributed by atoms with E-state index in [0.717, 1.165) is 10.8 Å². The first-order chi connectivity index (χ1) is 6.47. The lowest BCUT2D eigenvalue weighted by Gasteiger charge is -2.25. The summed E-state index contributed by atoms with van der Waals surface area (Å²) in [5.74, 6) is -0.0621. The zero-order chi connectivity index (χ0) is 10.4. The Labute approximate surface area is 97.7 Å². The van der Waals surface area contributed by atoms with E-state index in [9.17, 15) is 4.79 Å². The highest BCUT2D eigenvalue weighted by atomic mass is 127. The fraction of sp³-hybridized carbons (Fsp3) is 0.900. The summed E-state index contributed by atoms with van der Waals surface area (Å²) >= 11 is 2.28. The largest absolute Gasteiger partial charge is 0.461 e. The molecule has 4 heteroatoms. The van der Waals surface area contributed by atoms with Crippen LogP contribution in [0.3, 0.4) is 0 Å². The molecule has 0 aromatic carbocycles. The van der Waals surface area contributed by atoms with E-state index in [-0.39, 0.29) is 23.1 Å². The first kappa shape index (κ1) is 10.7. The average Bonchev–Trinajstić information content (AvgIpc) is 2.53. The van der Waals surface area contributed by atoms with Crippen LogP contribution in [0.2, 0.25) is 0 Å². The number of carbonyl (C=O) groups excluding carboxylic acids is 1. The maximum Gasteiger partial charge on any atom is 0.306 e. The third-order valence-electron chi connectivity index (χ3n) is 3.12. The summed E-state index contributed by atoms with van der Waals surface area (Å²) in [7, 11) is 0. The van der Waals surface area contributed by atoms with E-state index in [4.69, 9.17) is 9.47 Å². The van der Waals surface area contributed by atoms with E-state index in [1.165, 1.54) is 0 Å². The van der Waals surface area contributed by atoms with Crippen molar-refractivity contribution in [3.05, 3.63) is 0 Å².